The predicted octanol–water partition coefficient (Wildman–Crippen LogP) is 5.26. The molecule has 0 aromatic heterocycles. The fourth-order valence-electron chi connectivity index (χ4n) is 11.3. The van der Waals surface area contributed by atoms with Crippen molar-refractivity contribution in [2.24, 2.45) is 46.3 Å². The van der Waals surface area contributed by atoms with E-state index in [2.05, 4.69) is 0 Å². The maximum absolute atomic E-state index is 14.7. The summed E-state index contributed by atoms with van der Waals surface area (Å²) in [7, 11) is 4.33. The lowest BCUT2D eigenvalue weighted by atomic mass is 9.78. The number of ketones is 3. The Hall–Kier alpha value is -4.51. The number of allylic oxidation sites excluding steroid dienone is 6. The summed E-state index contributed by atoms with van der Waals surface area (Å²) in [4.78, 5) is 101. The van der Waals surface area contributed by atoms with Crippen LogP contribution in [-0.2, 0) is 66.7 Å². The van der Waals surface area contributed by atoms with Crippen LogP contribution < -0.4 is 0 Å². The number of aliphatic hydroxyl groups excluding tert-OH is 4. The van der Waals surface area contributed by atoms with Crippen molar-refractivity contribution in [2.75, 3.05) is 54.3 Å². The molecule has 2 bridgehead atoms. The highest BCUT2D eigenvalue weighted by Crippen LogP contribution is 2.39. The fourth-order valence-corrected chi connectivity index (χ4v) is 11.3. The molecule has 0 spiro atoms. The van der Waals surface area contributed by atoms with Gasteiger partial charge in [0.2, 0.25) is 5.79 Å². The van der Waals surface area contributed by atoms with E-state index in [1.54, 1.807) is 34.8 Å². The van der Waals surface area contributed by atoms with Gasteiger partial charge in [-0.1, -0.05) is 71.1 Å². The number of hydrogen-bond donors (Lipinski definition) is 5. The molecule has 4 aliphatic rings. The number of fused-ring (bicyclic) bond motifs is 3. The third kappa shape index (κ3) is 17.8. The van der Waals surface area contributed by atoms with Gasteiger partial charge in [0.25, 0.3) is 11.7 Å². The second kappa shape index (κ2) is 31.4. The van der Waals surface area contributed by atoms with E-state index in [9.17, 15) is 59.1 Å². The summed E-state index contributed by atoms with van der Waals surface area (Å²) in [6.07, 6.45) is 8.39. The Bertz CT molecular complexity index is 2270. The number of Topliss-reactive ketones (excluding diaryl/α,β-unsaturated/α-hetero) is 3. The van der Waals surface area contributed by atoms with E-state index in [1.807, 2.05) is 51.2 Å². The van der Waals surface area contributed by atoms with Crippen molar-refractivity contribution in [3.63, 3.8) is 0 Å². The Morgan fingerprint density at radius 3 is 2.00 bits per heavy atom. The molecule has 20 nitrogen and oxygen atoms in total. The molecule has 3 fully saturated rings. The van der Waals surface area contributed by atoms with Crippen molar-refractivity contribution in [2.45, 2.75) is 194 Å². The van der Waals surface area contributed by atoms with Gasteiger partial charge in [-0.05, 0) is 121 Å². The van der Waals surface area contributed by atoms with Gasteiger partial charge >= 0.3 is 17.9 Å². The highest BCUT2D eigenvalue weighted by atomic mass is 16.6. The normalized spacial score (nSPS) is 35.0. The molecule has 15 atom stereocenters. The van der Waals surface area contributed by atoms with Gasteiger partial charge in [0.1, 0.15) is 34.9 Å². The lowest BCUT2D eigenvalue weighted by Gasteiger charge is -2.42. The summed E-state index contributed by atoms with van der Waals surface area (Å²) >= 11 is 0. The summed E-state index contributed by atoms with van der Waals surface area (Å²) in [5, 5.41) is 52.1. The Kier molecular flexibility index (Phi) is 26.7. The van der Waals surface area contributed by atoms with Gasteiger partial charge in [-0.15, -0.1) is 0 Å². The number of rotatable bonds is 14. The Labute approximate surface area is 479 Å². The standard InChI is InChI=1S/C61H95NO19/c1-36-18-14-13-15-19-37(2)48(75-10)30-44-23-21-42(7)61(74,81-44)54(69)55(70)62-25-17-16-20-45(62)56(71)78-49(39(4)28-43-22-24-47(50(29-43)76-11)79-57(72)59(8,32-63)33-64)31-46(67)38(3)27-41(6)52(53(77-12)51(68)40(5)26-36)80-58(73)60(9,34-65)35-66/h13-15,18-19,27,36,38-40,42-45,47-50,52-53,63-66,74H,16-17,20-26,28-35H2,1-12H3/b15-13+,18-14+,37-19+,41-27+/t36-,38-,39-,40-,42-,43+,44+,45+,47-,48+,49+,50-,52-,53+,61-/m1/s1. The maximum atomic E-state index is 14.7. The first-order valence-corrected chi connectivity index (χ1v) is 28.9. The zero-order valence-corrected chi connectivity index (χ0v) is 50.0. The van der Waals surface area contributed by atoms with E-state index in [0.717, 1.165) is 10.5 Å². The number of hydrogen-bond acceptors (Lipinski definition) is 19. The molecule has 20 heteroatoms. The van der Waals surface area contributed by atoms with Crippen LogP contribution in [-0.4, -0.2) is 180 Å². The first kappa shape index (κ1) is 69.0. The predicted molar refractivity (Wildman–Crippen MR) is 297 cm³/mol. The van der Waals surface area contributed by atoms with E-state index < -0.39 is 157 Å². The molecular formula is C61H95NO19. The Morgan fingerprint density at radius 2 is 1.40 bits per heavy atom. The van der Waals surface area contributed by atoms with Gasteiger partial charge in [0.05, 0.1) is 44.7 Å². The van der Waals surface area contributed by atoms with Gasteiger partial charge in [0.15, 0.2) is 18.0 Å². The van der Waals surface area contributed by atoms with Crippen LogP contribution in [0.2, 0.25) is 0 Å². The van der Waals surface area contributed by atoms with Crippen LogP contribution in [0.1, 0.15) is 139 Å². The maximum Gasteiger partial charge on any atom is 0.329 e. The van der Waals surface area contributed by atoms with E-state index in [1.165, 1.54) is 34.1 Å². The minimum Gasteiger partial charge on any atom is -0.460 e. The van der Waals surface area contributed by atoms with Crippen molar-refractivity contribution < 1.29 is 92.3 Å². The molecular weight excluding hydrogens is 1050 g/mol. The smallest absolute Gasteiger partial charge is 0.329 e. The number of methoxy groups -OCH3 is 3. The van der Waals surface area contributed by atoms with Gasteiger partial charge in [-0.25, -0.2) is 4.79 Å². The molecule has 3 aliphatic heterocycles. The van der Waals surface area contributed by atoms with E-state index in [4.69, 9.17) is 33.2 Å². The lowest BCUT2D eigenvalue weighted by Crippen LogP contribution is -2.61. The van der Waals surface area contributed by atoms with Crippen LogP contribution in [0.4, 0.5) is 0 Å². The molecule has 0 radical (unpaired) electrons. The largest absolute Gasteiger partial charge is 0.460 e. The van der Waals surface area contributed by atoms with Crippen molar-refractivity contribution in [3.8, 4) is 0 Å². The van der Waals surface area contributed by atoms with Crippen LogP contribution in [0.3, 0.4) is 0 Å². The van der Waals surface area contributed by atoms with Crippen LogP contribution in [0.5, 0.6) is 0 Å². The number of amides is 1. The summed E-state index contributed by atoms with van der Waals surface area (Å²) < 4.78 is 41.8. The minimum atomic E-state index is -2.51. The second-order valence-electron chi connectivity index (χ2n) is 24.1. The minimum absolute atomic E-state index is 0.00305. The molecule has 1 amide bonds. The molecule has 0 unspecified atom stereocenters. The quantitative estimate of drug-likeness (QED) is 0.0641. The van der Waals surface area contributed by atoms with Crippen molar-refractivity contribution in [1.29, 1.82) is 0 Å². The van der Waals surface area contributed by atoms with E-state index in [0.29, 0.717) is 57.8 Å². The molecule has 4 rings (SSSR count). The molecule has 1 aliphatic carbocycles. The van der Waals surface area contributed by atoms with Crippen LogP contribution in [0.15, 0.2) is 47.6 Å². The number of aliphatic hydroxyl groups is 5. The average Bonchev–Trinajstić information content (AvgIpc) is 3.46. The van der Waals surface area contributed by atoms with Crippen LogP contribution >= 0.6 is 0 Å². The molecule has 3 heterocycles. The summed E-state index contributed by atoms with van der Waals surface area (Å²) in [6.45, 7) is 12.1. The van der Waals surface area contributed by atoms with Gasteiger partial charge in [0, 0.05) is 58.5 Å². The molecule has 2 saturated heterocycles. The third-order valence-corrected chi connectivity index (χ3v) is 17.3. The molecule has 5 N–H and O–H groups in total. The van der Waals surface area contributed by atoms with Crippen molar-refractivity contribution in [1.82, 2.24) is 4.90 Å². The lowest BCUT2D eigenvalue weighted by molar-refractivity contribution is -0.265. The third-order valence-electron chi connectivity index (χ3n) is 17.3. The van der Waals surface area contributed by atoms with Crippen LogP contribution in [0.25, 0.3) is 0 Å². The van der Waals surface area contributed by atoms with Crippen LogP contribution in [0, 0.1) is 46.3 Å². The van der Waals surface area contributed by atoms with Gasteiger partial charge in [-0.2, -0.15) is 0 Å². The number of piperidine rings is 1. The Morgan fingerprint density at radius 1 is 0.753 bits per heavy atom. The Balaban J connectivity index is 1.80. The van der Waals surface area contributed by atoms with E-state index in [-0.39, 0.29) is 43.2 Å². The highest BCUT2D eigenvalue weighted by Gasteiger charge is 2.53. The molecule has 0 aromatic carbocycles. The number of nitrogens with zero attached hydrogens (tertiary/aromatic N) is 1. The molecule has 1 saturated carbocycles. The van der Waals surface area contributed by atoms with Crippen molar-refractivity contribution >= 4 is 41.2 Å². The van der Waals surface area contributed by atoms with Gasteiger partial charge in [-0.3, -0.25) is 28.8 Å². The molecule has 81 heavy (non-hydrogen) atoms. The summed E-state index contributed by atoms with van der Waals surface area (Å²) in [5.74, 6) is -11.4. The monoisotopic (exact) mass is 1150 g/mol. The highest BCUT2D eigenvalue weighted by molar-refractivity contribution is 6.39. The second-order valence-corrected chi connectivity index (χ2v) is 24.1. The number of carbonyl (C=O) groups excluding carboxylic acids is 7. The number of carbonyl (C=O) groups is 7. The summed E-state index contributed by atoms with van der Waals surface area (Å²) in [6, 6.07) is -1.26. The fraction of sp³-hybridized carbons (Fsp3) is 0.754. The average molecular weight is 1150 g/mol. The SMILES string of the molecule is CO[C@H]1C[C@@H]2CC[C@@H](C)[C@@](O)(O2)C(=O)C(=O)N2CCCC[C@H]2C(=O)O[C@H]([C@H](C)C[C@@H]2CC[C@@H](OC(=O)C(C)(CO)CO)[C@H](OC)C2)CC(=O)[C@H](C)/C=C(\C)[C@@H](OC(=O)C(C)(CO)CO)[C@@H](OC)C(=O)[C@H](C)C[C@H](C)/C=C/C=C/C=C/1C. The summed E-state index contributed by atoms with van der Waals surface area (Å²) in [5.41, 5.74) is -2.20. The number of cyclic esters (lactones) is 1. The number of ether oxygens (including phenoxy) is 7. The zero-order valence-electron chi connectivity index (χ0n) is 50.0. The van der Waals surface area contributed by atoms with Gasteiger partial charge < -0.3 is 63.6 Å². The van der Waals surface area contributed by atoms with E-state index >= 15 is 0 Å². The topological polar surface area (TPSA) is 288 Å². The first-order valence-electron chi connectivity index (χ1n) is 28.9. The zero-order chi connectivity index (χ0) is 60.6. The molecule has 0 aromatic rings. The first-order chi connectivity index (χ1) is 38.2. The molecule has 458 valence electrons. The number of esters is 3. The van der Waals surface area contributed by atoms with Crippen molar-refractivity contribution in [3.05, 3.63) is 47.6 Å².